The zero-order valence-electron chi connectivity index (χ0n) is 7.31. The summed E-state index contributed by atoms with van der Waals surface area (Å²) in [6.07, 6.45) is 0. The number of hydrazine groups is 1. The molecule has 0 saturated carbocycles. The molecule has 12 heavy (non-hydrogen) atoms. The first kappa shape index (κ1) is 7.22. The van der Waals surface area contributed by atoms with E-state index in [9.17, 15) is 0 Å². The fraction of sp³-hybridized carbons (Fsp3) is 0.200. The van der Waals surface area contributed by atoms with Crippen LogP contribution in [0.5, 0.6) is 0 Å². The monoisotopic (exact) mass is 160 g/mol. The fourth-order valence-electron chi connectivity index (χ4n) is 1.46. The lowest BCUT2D eigenvalue weighted by Crippen LogP contribution is -2.45. The van der Waals surface area contributed by atoms with E-state index in [1.807, 2.05) is 0 Å². The Balaban J connectivity index is 2.95. The maximum atomic E-state index is 3.12. The third-order valence-corrected chi connectivity index (χ3v) is 2.17. The Hall–Kier alpha value is -1.44. The smallest absolute Gasteiger partial charge is 0.0361 e. The van der Waals surface area contributed by atoms with Gasteiger partial charge in [-0.1, -0.05) is 24.3 Å². The molecule has 0 spiro atoms. The van der Waals surface area contributed by atoms with Crippen LogP contribution < -0.4 is 21.3 Å². The molecule has 0 radical (unpaired) electrons. The van der Waals surface area contributed by atoms with Crippen molar-refractivity contribution in [2.45, 2.75) is 13.8 Å². The Morgan fingerprint density at radius 2 is 1.25 bits per heavy atom. The minimum Gasteiger partial charge on any atom is -0.305 e. The molecule has 0 amide bonds. The number of rotatable bonds is 0. The van der Waals surface area contributed by atoms with Crippen LogP contribution in [0, 0.1) is 0 Å². The van der Waals surface area contributed by atoms with Crippen LogP contribution in [0.15, 0.2) is 24.3 Å². The van der Waals surface area contributed by atoms with E-state index in [1.54, 1.807) is 0 Å². The number of nitrogens with one attached hydrogen (secondary N) is 2. The third kappa shape index (κ3) is 0.961. The van der Waals surface area contributed by atoms with Gasteiger partial charge in [-0.2, -0.15) is 0 Å². The summed E-state index contributed by atoms with van der Waals surface area (Å²) in [6, 6.07) is 8.37. The van der Waals surface area contributed by atoms with Crippen molar-refractivity contribution < 1.29 is 0 Å². The van der Waals surface area contributed by atoms with E-state index >= 15 is 0 Å². The molecule has 2 heteroatoms. The Morgan fingerprint density at radius 1 is 0.833 bits per heavy atom. The van der Waals surface area contributed by atoms with Gasteiger partial charge in [0.1, 0.15) is 0 Å². The summed E-state index contributed by atoms with van der Waals surface area (Å²) in [4.78, 5) is 0. The molecular weight excluding hydrogens is 148 g/mol. The fourth-order valence-corrected chi connectivity index (χ4v) is 1.46. The van der Waals surface area contributed by atoms with E-state index in [1.165, 1.54) is 21.8 Å². The largest absolute Gasteiger partial charge is 0.305 e. The minimum absolute atomic E-state index is 1.18. The van der Waals surface area contributed by atoms with Gasteiger partial charge in [0, 0.05) is 21.8 Å². The Morgan fingerprint density at radius 3 is 1.67 bits per heavy atom. The molecule has 0 unspecified atom stereocenters. The molecule has 0 aromatic heterocycles. The Bertz CT molecular complexity index is 377. The molecule has 1 aromatic rings. The van der Waals surface area contributed by atoms with Crippen LogP contribution in [0.3, 0.4) is 0 Å². The average molecular weight is 160 g/mol. The summed E-state index contributed by atoms with van der Waals surface area (Å²) in [6.45, 7) is 4.14. The number of hydrogen-bond donors (Lipinski definition) is 2. The third-order valence-electron chi connectivity index (χ3n) is 2.17. The topological polar surface area (TPSA) is 24.1 Å². The van der Waals surface area contributed by atoms with Gasteiger partial charge in [-0.25, -0.2) is 0 Å². The molecule has 0 saturated heterocycles. The van der Waals surface area contributed by atoms with Crippen molar-refractivity contribution in [1.82, 2.24) is 10.9 Å². The lowest BCUT2D eigenvalue weighted by molar-refractivity contribution is 0.780. The summed E-state index contributed by atoms with van der Waals surface area (Å²) in [5.74, 6) is 0. The number of benzene rings is 1. The van der Waals surface area contributed by atoms with Gasteiger partial charge >= 0.3 is 0 Å². The van der Waals surface area contributed by atoms with Crippen molar-refractivity contribution in [3.8, 4) is 0 Å². The summed E-state index contributed by atoms with van der Waals surface area (Å²) in [7, 11) is 0. The van der Waals surface area contributed by atoms with Crippen molar-refractivity contribution in [1.29, 1.82) is 0 Å². The molecule has 2 N–H and O–H groups in total. The van der Waals surface area contributed by atoms with E-state index in [0.717, 1.165) is 0 Å². The predicted octanol–water partition coefficient (Wildman–Crippen LogP) is 0.0506. The zero-order chi connectivity index (χ0) is 8.55. The van der Waals surface area contributed by atoms with Crippen molar-refractivity contribution in [2.24, 2.45) is 0 Å². The summed E-state index contributed by atoms with van der Waals surface area (Å²) >= 11 is 0. The normalized spacial score (nSPS) is 14.8. The van der Waals surface area contributed by atoms with Gasteiger partial charge in [0.2, 0.25) is 0 Å². The van der Waals surface area contributed by atoms with E-state index in [2.05, 4.69) is 49.0 Å². The van der Waals surface area contributed by atoms with Gasteiger partial charge in [0.05, 0.1) is 0 Å². The molecule has 62 valence electrons. The lowest BCUT2D eigenvalue weighted by Gasteiger charge is -2.15. The number of hydrogen-bond acceptors (Lipinski definition) is 2. The summed E-state index contributed by atoms with van der Waals surface area (Å²) in [5, 5.41) is 2.57. The highest BCUT2D eigenvalue weighted by Gasteiger charge is 2.00. The average Bonchev–Trinajstić information content (AvgIpc) is 2.12. The highest BCUT2D eigenvalue weighted by Crippen LogP contribution is 1.89. The van der Waals surface area contributed by atoms with Gasteiger partial charge in [0.15, 0.2) is 0 Å². The molecule has 2 rings (SSSR count). The van der Waals surface area contributed by atoms with Gasteiger partial charge in [-0.3, -0.25) is 0 Å². The molecule has 0 atom stereocenters. The first-order valence-corrected chi connectivity index (χ1v) is 4.08. The first-order chi connectivity index (χ1) is 5.79. The van der Waals surface area contributed by atoms with Gasteiger partial charge in [-0.15, -0.1) is 0 Å². The Labute approximate surface area is 71.6 Å². The quantitative estimate of drug-likeness (QED) is 0.560. The Kier molecular flexibility index (Phi) is 1.54. The van der Waals surface area contributed by atoms with Crippen molar-refractivity contribution in [3.63, 3.8) is 0 Å². The second-order valence-electron chi connectivity index (χ2n) is 3.05. The van der Waals surface area contributed by atoms with E-state index in [0.29, 0.717) is 0 Å². The standard InChI is InChI=1S/C10H12N2/c1-7-9-5-3-4-6-10(9)8(2)12-11-7/h3-6,11-12H,1-2H3. The van der Waals surface area contributed by atoms with Crippen molar-refractivity contribution >= 4 is 11.4 Å². The van der Waals surface area contributed by atoms with E-state index in [-0.39, 0.29) is 0 Å². The molecule has 0 bridgehead atoms. The maximum Gasteiger partial charge on any atom is 0.0361 e. The minimum atomic E-state index is 1.18. The first-order valence-electron chi connectivity index (χ1n) is 4.08. The van der Waals surface area contributed by atoms with Crippen LogP contribution in [-0.2, 0) is 0 Å². The highest BCUT2D eigenvalue weighted by atomic mass is 15.4. The van der Waals surface area contributed by atoms with E-state index in [4.69, 9.17) is 0 Å². The van der Waals surface area contributed by atoms with Crippen LogP contribution in [0.1, 0.15) is 13.8 Å². The zero-order valence-corrected chi connectivity index (χ0v) is 7.31. The molecule has 1 aliphatic rings. The SMILES string of the molecule is CC1=c2ccccc2=C(C)NN1. The van der Waals surface area contributed by atoms with Gasteiger partial charge in [-0.05, 0) is 13.8 Å². The van der Waals surface area contributed by atoms with E-state index < -0.39 is 0 Å². The van der Waals surface area contributed by atoms with Crippen LogP contribution in [0.25, 0.3) is 11.4 Å². The van der Waals surface area contributed by atoms with Crippen molar-refractivity contribution in [2.75, 3.05) is 0 Å². The molecule has 0 fully saturated rings. The van der Waals surface area contributed by atoms with Crippen LogP contribution in [0.2, 0.25) is 0 Å². The van der Waals surface area contributed by atoms with Gasteiger partial charge in [0.25, 0.3) is 0 Å². The molecule has 0 aliphatic carbocycles. The van der Waals surface area contributed by atoms with Crippen LogP contribution >= 0.6 is 0 Å². The van der Waals surface area contributed by atoms with Crippen molar-refractivity contribution in [3.05, 3.63) is 34.7 Å². The van der Waals surface area contributed by atoms with Crippen LogP contribution in [-0.4, -0.2) is 0 Å². The molecule has 1 heterocycles. The molecule has 1 aliphatic heterocycles. The molecular formula is C10H12N2. The summed E-state index contributed by atoms with van der Waals surface area (Å²) in [5.41, 5.74) is 8.59. The maximum absolute atomic E-state index is 3.12. The second-order valence-corrected chi connectivity index (χ2v) is 3.05. The molecule has 1 aromatic carbocycles. The highest BCUT2D eigenvalue weighted by molar-refractivity contribution is 5.51. The predicted molar refractivity (Wildman–Crippen MR) is 50.1 cm³/mol. The molecule has 2 nitrogen and oxygen atoms in total. The van der Waals surface area contributed by atoms with Crippen LogP contribution in [0.4, 0.5) is 0 Å². The second kappa shape index (κ2) is 2.55. The lowest BCUT2D eigenvalue weighted by atomic mass is 10.1. The summed E-state index contributed by atoms with van der Waals surface area (Å²) < 4.78 is 0. The number of fused-ring (bicyclic) bond motifs is 1. The van der Waals surface area contributed by atoms with Gasteiger partial charge < -0.3 is 10.9 Å².